The Balaban J connectivity index is 2.17. The van der Waals surface area contributed by atoms with Crippen LogP contribution in [0, 0.1) is 16.0 Å². The van der Waals surface area contributed by atoms with E-state index in [-0.39, 0.29) is 11.8 Å². The second-order valence-corrected chi connectivity index (χ2v) is 5.14. The van der Waals surface area contributed by atoms with Gasteiger partial charge in [-0.25, -0.2) is 4.98 Å². The molecule has 0 spiro atoms. The predicted octanol–water partition coefficient (Wildman–Crippen LogP) is 1.63. The number of aliphatic hydroxyl groups is 1. The summed E-state index contributed by atoms with van der Waals surface area (Å²) in [6.45, 7) is 3.32. The second-order valence-electron chi connectivity index (χ2n) is 5.14. The van der Waals surface area contributed by atoms with Crippen LogP contribution >= 0.6 is 0 Å². The number of aliphatic hydroxyl groups excluding tert-OH is 1. The summed E-state index contributed by atoms with van der Waals surface area (Å²) in [4.78, 5) is 16.9. The van der Waals surface area contributed by atoms with Gasteiger partial charge in [0.15, 0.2) is 0 Å². The lowest BCUT2D eigenvalue weighted by Gasteiger charge is -2.34. The Morgan fingerprint density at radius 3 is 2.65 bits per heavy atom. The first-order chi connectivity index (χ1) is 9.51. The van der Waals surface area contributed by atoms with E-state index in [0.717, 1.165) is 25.9 Å². The molecule has 2 heterocycles. The number of nitro groups is 1. The van der Waals surface area contributed by atoms with Crippen molar-refractivity contribution in [3.8, 4) is 0 Å². The summed E-state index contributed by atoms with van der Waals surface area (Å²) in [5, 5.41) is 23.4. The van der Waals surface area contributed by atoms with Gasteiger partial charge >= 0.3 is 0 Å². The maximum Gasteiger partial charge on any atom is 0.276 e. The predicted molar refractivity (Wildman–Crippen MR) is 77.1 cm³/mol. The average Bonchev–Trinajstić information content (AvgIpc) is 2.46. The van der Waals surface area contributed by atoms with Gasteiger partial charge in [-0.05, 0) is 25.7 Å². The summed E-state index contributed by atoms with van der Waals surface area (Å²) >= 11 is 0. The Labute approximate surface area is 117 Å². The van der Waals surface area contributed by atoms with Gasteiger partial charge in [0.2, 0.25) is 0 Å². The van der Waals surface area contributed by atoms with Crippen molar-refractivity contribution in [1.29, 1.82) is 0 Å². The van der Waals surface area contributed by atoms with Crippen molar-refractivity contribution >= 4 is 17.3 Å². The summed E-state index contributed by atoms with van der Waals surface area (Å²) < 4.78 is 0. The first-order valence-electron chi connectivity index (χ1n) is 6.78. The fourth-order valence-electron chi connectivity index (χ4n) is 2.51. The number of pyridine rings is 1. The molecular formula is C13H20N4O3. The lowest BCUT2D eigenvalue weighted by Crippen LogP contribution is -2.37. The van der Waals surface area contributed by atoms with Gasteiger partial charge in [-0.2, -0.15) is 0 Å². The van der Waals surface area contributed by atoms with E-state index < -0.39 is 4.92 Å². The van der Waals surface area contributed by atoms with Crippen LogP contribution < -0.4 is 10.2 Å². The molecule has 2 N–H and O–H groups in total. The van der Waals surface area contributed by atoms with E-state index in [1.54, 1.807) is 7.05 Å². The fourth-order valence-corrected chi connectivity index (χ4v) is 2.51. The Morgan fingerprint density at radius 1 is 1.50 bits per heavy atom. The molecule has 1 unspecified atom stereocenters. The van der Waals surface area contributed by atoms with E-state index in [4.69, 9.17) is 0 Å². The van der Waals surface area contributed by atoms with Crippen molar-refractivity contribution in [3.05, 3.63) is 22.2 Å². The van der Waals surface area contributed by atoms with Crippen molar-refractivity contribution in [2.75, 3.05) is 30.4 Å². The van der Waals surface area contributed by atoms with Crippen molar-refractivity contribution in [2.45, 2.75) is 25.9 Å². The second kappa shape index (κ2) is 6.04. The minimum Gasteiger partial charge on any atom is -0.393 e. The Morgan fingerprint density at radius 2 is 2.15 bits per heavy atom. The number of anilines is 2. The van der Waals surface area contributed by atoms with Crippen LogP contribution in [0.4, 0.5) is 17.3 Å². The molecule has 110 valence electrons. The van der Waals surface area contributed by atoms with Gasteiger partial charge in [0.1, 0.15) is 11.6 Å². The number of aromatic nitrogens is 1. The molecule has 0 amide bonds. The molecule has 7 nitrogen and oxygen atoms in total. The largest absolute Gasteiger partial charge is 0.393 e. The van der Waals surface area contributed by atoms with Crippen LogP contribution in [-0.4, -0.2) is 41.3 Å². The number of hydrogen-bond acceptors (Lipinski definition) is 6. The molecule has 0 bridgehead atoms. The zero-order valence-electron chi connectivity index (χ0n) is 11.7. The third-order valence-corrected chi connectivity index (χ3v) is 3.81. The number of hydrogen-bond donors (Lipinski definition) is 2. The van der Waals surface area contributed by atoms with Crippen molar-refractivity contribution in [3.63, 3.8) is 0 Å². The SMILES string of the molecule is CNc1cc([N+](=O)[O-])cc(N2CCC(C(C)O)CC2)n1. The van der Waals surface area contributed by atoms with Gasteiger partial charge in [0.05, 0.1) is 23.2 Å². The van der Waals surface area contributed by atoms with Crippen LogP contribution in [0.5, 0.6) is 0 Å². The average molecular weight is 280 g/mol. The zero-order valence-corrected chi connectivity index (χ0v) is 11.7. The summed E-state index contributed by atoms with van der Waals surface area (Å²) in [5.74, 6) is 1.41. The maximum absolute atomic E-state index is 10.9. The van der Waals surface area contributed by atoms with Crippen LogP contribution in [0.25, 0.3) is 0 Å². The standard InChI is InChI=1S/C13H20N4O3/c1-9(18)10-3-5-16(6-4-10)13-8-11(17(19)20)7-12(14-2)15-13/h7-10,18H,3-6H2,1-2H3,(H,14,15). The van der Waals surface area contributed by atoms with Gasteiger partial charge in [0.25, 0.3) is 5.69 Å². The summed E-state index contributed by atoms with van der Waals surface area (Å²) in [6.07, 6.45) is 1.44. The van der Waals surface area contributed by atoms with E-state index in [1.807, 2.05) is 11.8 Å². The van der Waals surface area contributed by atoms with Gasteiger partial charge in [-0.1, -0.05) is 0 Å². The molecule has 1 saturated heterocycles. The van der Waals surface area contributed by atoms with Crippen LogP contribution in [0.1, 0.15) is 19.8 Å². The third-order valence-electron chi connectivity index (χ3n) is 3.81. The Hall–Kier alpha value is -1.89. The fraction of sp³-hybridized carbons (Fsp3) is 0.615. The lowest BCUT2D eigenvalue weighted by molar-refractivity contribution is -0.384. The highest BCUT2D eigenvalue weighted by Crippen LogP contribution is 2.28. The van der Waals surface area contributed by atoms with Gasteiger partial charge in [-0.15, -0.1) is 0 Å². The highest BCUT2D eigenvalue weighted by atomic mass is 16.6. The highest BCUT2D eigenvalue weighted by molar-refractivity contribution is 5.55. The topological polar surface area (TPSA) is 91.5 Å². The van der Waals surface area contributed by atoms with Crippen molar-refractivity contribution < 1.29 is 10.0 Å². The number of piperidine rings is 1. The molecule has 0 aliphatic carbocycles. The zero-order chi connectivity index (χ0) is 14.7. The Bertz CT molecular complexity index is 485. The molecule has 20 heavy (non-hydrogen) atoms. The molecule has 1 fully saturated rings. The van der Waals surface area contributed by atoms with Crippen LogP contribution in [0.15, 0.2) is 12.1 Å². The van der Waals surface area contributed by atoms with Crippen LogP contribution in [0.3, 0.4) is 0 Å². The summed E-state index contributed by atoms with van der Waals surface area (Å²) in [5.41, 5.74) is 0.0389. The molecular weight excluding hydrogens is 260 g/mol. The highest BCUT2D eigenvalue weighted by Gasteiger charge is 2.24. The molecule has 1 aromatic heterocycles. The maximum atomic E-state index is 10.9. The van der Waals surface area contributed by atoms with E-state index in [2.05, 4.69) is 10.3 Å². The monoisotopic (exact) mass is 280 g/mol. The van der Waals surface area contributed by atoms with Gasteiger partial charge in [0, 0.05) is 20.1 Å². The molecule has 0 radical (unpaired) electrons. The van der Waals surface area contributed by atoms with E-state index in [9.17, 15) is 15.2 Å². The molecule has 1 aromatic rings. The van der Waals surface area contributed by atoms with E-state index in [1.165, 1.54) is 12.1 Å². The van der Waals surface area contributed by atoms with Gasteiger partial charge in [-0.3, -0.25) is 10.1 Å². The molecule has 1 atom stereocenters. The van der Waals surface area contributed by atoms with Gasteiger partial charge < -0.3 is 15.3 Å². The molecule has 7 heteroatoms. The minimum atomic E-state index is -0.408. The first-order valence-corrected chi connectivity index (χ1v) is 6.78. The van der Waals surface area contributed by atoms with Crippen molar-refractivity contribution in [1.82, 2.24) is 4.98 Å². The van der Waals surface area contributed by atoms with Crippen LogP contribution in [-0.2, 0) is 0 Å². The molecule has 1 aliphatic heterocycles. The Kier molecular flexibility index (Phi) is 4.39. The number of rotatable bonds is 4. The number of nitrogens with one attached hydrogen (secondary N) is 1. The van der Waals surface area contributed by atoms with E-state index >= 15 is 0 Å². The summed E-state index contributed by atoms with van der Waals surface area (Å²) in [7, 11) is 1.69. The van der Waals surface area contributed by atoms with Crippen LogP contribution in [0.2, 0.25) is 0 Å². The quantitative estimate of drug-likeness (QED) is 0.643. The minimum absolute atomic E-state index is 0.0389. The molecule has 1 aliphatic rings. The third kappa shape index (κ3) is 3.16. The number of nitrogens with zero attached hydrogens (tertiary/aromatic N) is 3. The summed E-state index contributed by atoms with van der Waals surface area (Å²) in [6, 6.07) is 2.93. The normalized spacial score (nSPS) is 17.9. The smallest absolute Gasteiger partial charge is 0.276 e. The van der Waals surface area contributed by atoms with Crippen molar-refractivity contribution in [2.24, 2.45) is 5.92 Å². The first kappa shape index (κ1) is 14.5. The molecule has 0 aromatic carbocycles. The molecule has 0 saturated carbocycles. The molecule has 2 rings (SSSR count). The van der Waals surface area contributed by atoms with E-state index in [0.29, 0.717) is 17.6 Å². The lowest BCUT2D eigenvalue weighted by atomic mass is 9.92.